The van der Waals surface area contributed by atoms with Gasteiger partial charge in [0.25, 0.3) is 0 Å². The maximum atomic E-state index is 13.4. The number of carbonyl (C=O) groups excluding carboxylic acids is 1. The van der Waals surface area contributed by atoms with Crippen LogP contribution in [0.2, 0.25) is 0 Å². The number of ether oxygens (including phenoxy) is 1. The van der Waals surface area contributed by atoms with E-state index in [1.54, 1.807) is 18.2 Å². The van der Waals surface area contributed by atoms with Crippen LogP contribution in [0.25, 0.3) is 0 Å². The first-order valence-corrected chi connectivity index (χ1v) is 7.48. The molecule has 2 N–H and O–H groups in total. The van der Waals surface area contributed by atoms with Crippen molar-refractivity contribution in [1.82, 2.24) is 4.90 Å². The lowest BCUT2D eigenvalue weighted by Gasteiger charge is -2.34. The first kappa shape index (κ1) is 18.7. The van der Waals surface area contributed by atoms with Crippen LogP contribution in [0.3, 0.4) is 0 Å². The molecule has 2 unspecified atom stereocenters. The summed E-state index contributed by atoms with van der Waals surface area (Å²) in [4.78, 5) is 14.0. The number of nitrogens with two attached hydrogens (primary N) is 1. The van der Waals surface area contributed by atoms with E-state index in [1.165, 1.54) is 6.07 Å². The van der Waals surface area contributed by atoms with Crippen molar-refractivity contribution in [2.24, 2.45) is 11.7 Å². The minimum Gasteiger partial charge on any atom is -0.490 e. The monoisotopic (exact) mass is 330 g/mol. The number of piperidine rings is 1. The van der Waals surface area contributed by atoms with Crippen LogP contribution in [-0.2, 0) is 4.79 Å². The Balaban J connectivity index is 0.00000242. The highest BCUT2D eigenvalue weighted by Crippen LogP contribution is 2.20. The van der Waals surface area contributed by atoms with Crippen molar-refractivity contribution in [3.63, 3.8) is 0 Å². The second-order valence-corrected chi connectivity index (χ2v) is 5.63. The predicted octanol–water partition coefficient (Wildman–Crippen LogP) is 2.60. The van der Waals surface area contributed by atoms with E-state index in [9.17, 15) is 9.18 Å². The van der Waals surface area contributed by atoms with Crippen molar-refractivity contribution in [3.05, 3.63) is 30.1 Å². The molecule has 0 bridgehead atoms. The zero-order valence-electron chi connectivity index (χ0n) is 12.8. The first-order chi connectivity index (χ1) is 10.1. The van der Waals surface area contributed by atoms with E-state index in [2.05, 4.69) is 0 Å². The number of para-hydroxylation sites is 1. The number of carbonyl (C=O) groups is 1. The maximum Gasteiger partial charge on any atom is 0.226 e. The predicted molar refractivity (Wildman–Crippen MR) is 86.7 cm³/mol. The van der Waals surface area contributed by atoms with Crippen LogP contribution < -0.4 is 10.5 Å². The average molecular weight is 331 g/mol. The summed E-state index contributed by atoms with van der Waals surface area (Å²) >= 11 is 0. The summed E-state index contributed by atoms with van der Waals surface area (Å²) in [6.07, 6.45) is 2.33. The minimum absolute atomic E-state index is 0. The van der Waals surface area contributed by atoms with Gasteiger partial charge in [0.2, 0.25) is 5.91 Å². The smallest absolute Gasteiger partial charge is 0.226 e. The molecule has 2 atom stereocenters. The number of nitrogens with zero attached hydrogens (tertiary/aromatic N) is 1. The molecule has 1 aliphatic rings. The Bertz CT molecular complexity index is 485. The zero-order valence-corrected chi connectivity index (χ0v) is 13.7. The molecule has 1 fully saturated rings. The molecule has 4 nitrogen and oxygen atoms in total. The molecule has 1 aromatic carbocycles. The molecule has 0 spiro atoms. The molecule has 1 saturated heterocycles. The number of hydrogen-bond donors (Lipinski definition) is 1. The Labute approximate surface area is 137 Å². The molecule has 6 heteroatoms. The Hall–Kier alpha value is -1.33. The van der Waals surface area contributed by atoms with Gasteiger partial charge in [-0.05, 0) is 37.8 Å². The second-order valence-electron chi connectivity index (χ2n) is 5.63. The van der Waals surface area contributed by atoms with Gasteiger partial charge in [-0.3, -0.25) is 4.79 Å². The maximum absolute atomic E-state index is 13.4. The fourth-order valence-corrected chi connectivity index (χ4v) is 2.63. The van der Waals surface area contributed by atoms with E-state index in [1.807, 2.05) is 11.8 Å². The van der Waals surface area contributed by atoms with Crippen molar-refractivity contribution >= 4 is 18.3 Å². The number of rotatable bonds is 5. The Kier molecular flexibility index (Phi) is 7.62. The number of likely N-dealkylation sites (tertiary alicyclic amines) is 1. The topological polar surface area (TPSA) is 55.6 Å². The third-order valence-electron chi connectivity index (χ3n) is 3.96. The third kappa shape index (κ3) is 5.14. The second kappa shape index (κ2) is 8.96. The summed E-state index contributed by atoms with van der Waals surface area (Å²) in [6.45, 7) is 3.68. The van der Waals surface area contributed by atoms with Gasteiger partial charge in [-0.1, -0.05) is 12.1 Å². The van der Waals surface area contributed by atoms with Gasteiger partial charge in [0.15, 0.2) is 11.6 Å². The number of halogens is 2. The van der Waals surface area contributed by atoms with E-state index < -0.39 is 5.82 Å². The highest BCUT2D eigenvalue weighted by molar-refractivity contribution is 5.85. The third-order valence-corrected chi connectivity index (χ3v) is 3.96. The van der Waals surface area contributed by atoms with Crippen LogP contribution in [0.5, 0.6) is 5.75 Å². The fraction of sp³-hybridized carbons (Fsp3) is 0.562. The van der Waals surface area contributed by atoms with Gasteiger partial charge < -0.3 is 15.4 Å². The molecule has 124 valence electrons. The van der Waals surface area contributed by atoms with Gasteiger partial charge in [-0.25, -0.2) is 4.39 Å². The van der Waals surface area contributed by atoms with Crippen molar-refractivity contribution in [2.45, 2.75) is 32.2 Å². The molecular formula is C16H24ClFN2O2. The fourth-order valence-electron chi connectivity index (χ4n) is 2.63. The molecule has 1 aromatic rings. The molecule has 0 aromatic heterocycles. The highest BCUT2D eigenvalue weighted by Gasteiger charge is 2.25. The SMILES string of the molecule is CC(N)C1CCCN(C(=O)CCOc2ccccc2F)C1.Cl. The molecule has 0 radical (unpaired) electrons. The quantitative estimate of drug-likeness (QED) is 0.903. The molecule has 2 rings (SSSR count). The van der Waals surface area contributed by atoms with Gasteiger partial charge in [0, 0.05) is 19.1 Å². The van der Waals surface area contributed by atoms with Crippen LogP contribution in [0, 0.1) is 11.7 Å². The molecule has 1 amide bonds. The van der Waals surface area contributed by atoms with Crippen molar-refractivity contribution in [1.29, 1.82) is 0 Å². The molecular weight excluding hydrogens is 307 g/mol. The van der Waals surface area contributed by atoms with E-state index in [0.717, 1.165) is 25.9 Å². The van der Waals surface area contributed by atoms with Gasteiger partial charge in [0.1, 0.15) is 0 Å². The van der Waals surface area contributed by atoms with E-state index >= 15 is 0 Å². The van der Waals surface area contributed by atoms with Gasteiger partial charge in [-0.2, -0.15) is 0 Å². The lowest BCUT2D eigenvalue weighted by Crippen LogP contribution is -2.45. The van der Waals surface area contributed by atoms with Crippen molar-refractivity contribution < 1.29 is 13.9 Å². The van der Waals surface area contributed by atoms with Crippen molar-refractivity contribution in [3.8, 4) is 5.75 Å². The summed E-state index contributed by atoms with van der Waals surface area (Å²) < 4.78 is 18.7. The molecule has 0 saturated carbocycles. The molecule has 1 aliphatic heterocycles. The summed E-state index contributed by atoms with van der Waals surface area (Å²) in [5.41, 5.74) is 5.92. The van der Waals surface area contributed by atoms with Crippen LogP contribution in [0.1, 0.15) is 26.2 Å². The van der Waals surface area contributed by atoms with Gasteiger partial charge in [-0.15, -0.1) is 12.4 Å². The lowest BCUT2D eigenvalue weighted by atomic mass is 9.92. The summed E-state index contributed by atoms with van der Waals surface area (Å²) in [6, 6.07) is 6.32. The number of benzene rings is 1. The normalized spacial score (nSPS) is 19.2. The average Bonchev–Trinajstić information content (AvgIpc) is 2.49. The number of amides is 1. The van der Waals surface area contributed by atoms with Crippen molar-refractivity contribution in [2.75, 3.05) is 19.7 Å². The zero-order chi connectivity index (χ0) is 15.2. The van der Waals surface area contributed by atoms with E-state index in [4.69, 9.17) is 10.5 Å². The lowest BCUT2D eigenvalue weighted by molar-refractivity contribution is -0.133. The van der Waals surface area contributed by atoms with Crippen LogP contribution in [0.4, 0.5) is 4.39 Å². The Morgan fingerprint density at radius 2 is 2.23 bits per heavy atom. The minimum atomic E-state index is -0.403. The highest BCUT2D eigenvalue weighted by atomic mass is 35.5. The first-order valence-electron chi connectivity index (χ1n) is 7.48. The Morgan fingerprint density at radius 1 is 1.50 bits per heavy atom. The largest absolute Gasteiger partial charge is 0.490 e. The van der Waals surface area contributed by atoms with E-state index in [-0.39, 0.29) is 43.1 Å². The summed E-state index contributed by atoms with van der Waals surface area (Å²) in [5, 5.41) is 0. The molecule has 0 aliphatic carbocycles. The molecule has 22 heavy (non-hydrogen) atoms. The van der Waals surface area contributed by atoms with Crippen LogP contribution in [0.15, 0.2) is 24.3 Å². The molecule has 1 heterocycles. The Morgan fingerprint density at radius 3 is 2.91 bits per heavy atom. The summed E-state index contributed by atoms with van der Waals surface area (Å²) in [7, 11) is 0. The summed E-state index contributed by atoms with van der Waals surface area (Å²) in [5.74, 6) is 0.212. The van der Waals surface area contributed by atoms with E-state index in [0.29, 0.717) is 5.92 Å². The van der Waals surface area contributed by atoms with Gasteiger partial charge in [0.05, 0.1) is 13.0 Å². The van der Waals surface area contributed by atoms with Crippen LogP contribution >= 0.6 is 12.4 Å². The van der Waals surface area contributed by atoms with Gasteiger partial charge >= 0.3 is 0 Å². The standard InChI is InChI=1S/C16H23FN2O2.ClH/c1-12(18)13-5-4-9-19(11-13)16(20)8-10-21-15-7-3-2-6-14(15)17;/h2-3,6-7,12-13H,4-5,8-11,18H2,1H3;1H. The van der Waals surface area contributed by atoms with Crippen LogP contribution in [-0.4, -0.2) is 36.5 Å². The number of hydrogen-bond acceptors (Lipinski definition) is 3.